The van der Waals surface area contributed by atoms with Crippen molar-refractivity contribution in [2.45, 2.75) is 51.4 Å². The Labute approximate surface area is 255 Å². The van der Waals surface area contributed by atoms with Gasteiger partial charge in [-0.25, -0.2) is 20.1 Å². The van der Waals surface area contributed by atoms with Crippen LogP contribution in [-0.4, -0.2) is 58.9 Å². The Morgan fingerprint density at radius 2 is 1.95 bits per heavy atom. The summed E-state index contributed by atoms with van der Waals surface area (Å²) in [5, 5.41) is 20.4. The van der Waals surface area contributed by atoms with Crippen LogP contribution in [0.5, 0.6) is 5.88 Å². The highest BCUT2D eigenvalue weighted by Crippen LogP contribution is 2.47. The lowest BCUT2D eigenvalue weighted by atomic mass is 10.0. The van der Waals surface area contributed by atoms with Crippen LogP contribution in [0.15, 0.2) is 41.7 Å². The van der Waals surface area contributed by atoms with E-state index in [1.807, 2.05) is 25.4 Å². The normalized spacial score (nSPS) is 14.8. The molecule has 44 heavy (non-hydrogen) atoms. The van der Waals surface area contributed by atoms with E-state index in [2.05, 4.69) is 57.9 Å². The van der Waals surface area contributed by atoms with E-state index in [9.17, 15) is 4.79 Å². The van der Waals surface area contributed by atoms with E-state index in [-0.39, 0.29) is 11.8 Å². The van der Waals surface area contributed by atoms with Gasteiger partial charge in [0.2, 0.25) is 5.88 Å². The zero-order chi connectivity index (χ0) is 31.1. The molecule has 12 nitrogen and oxygen atoms in total. The van der Waals surface area contributed by atoms with Gasteiger partial charge in [0.15, 0.2) is 5.65 Å². The average Bonchev–Trinajstić information content (AvgIpc) is 3.91. The Bertz CT molecular complexity index is 1870. The molecule has 7 rings (SSSR count). The van der Waals surface area contributed by atoms with Crippen molar-refractivity contribution in [3.63, 3.8) is 0 Å². The number of anilines is 1. The summed E-state index contributed by atoms with van der Waals surface area (Å²) in [6.07, 6.45) is 9.47. The number of fused-ring (bicyclic) bond motifs is 1. The van der Waals surface area contributed by atoms with Crippen LogP contribution >= 0.6 is 0 Å². The topological polar surface area (TPSA) is 162 Å². The standard InChI is InChI=1S/C28H31N9O.C4H6O2/c1-15(2)23-19(11-17-14-36(3)35-26(17)32-23)27-33-24(25(37(27)4)16-9-10-16)18-7-6-8-21(29)20(18)12-30-22-13-31-34-28(22)38-5;5-4(6)3-1-2-3/h6-8,11-16H,9-10,29H2,1-5H3,(H,31,34);3H,1-2H2,(H,5,6). The number of carboxylic acid groups (broad SMARTS) is 1. The molecular formula is C32H37N9O3. The molecule has 0 bridgehead atoms. The van der Waals surface area contributed by atoms with Gasteiger partial charge in [-0.05, 0) is 43.7 Å². The van der Waals surface area contributed by atoms with E-state index < -0.39 is 5.97 Å². The summed E-state index contributed by atoms with van der Waals surface area (Å²) in [6.45, 7) is 4.31. The summed E-state index contributed by atoms with van der Waals surface area (Å²) in [7, 11) is 5.60. The van der Waals surface area contributed by atoms with Crippen molar-refractivity contribution in [2.75, 3.05) is 12.8 Å². The van der Waals surface area contributed by atoms with Crippen LogP contribution in [0.25, 0.3) is 33.7 Å². The van der Waals surface area contributed by atoms with Crippen LogP contribution in [0.3, 0.4) is 0 Å². The molecule has 2 aliphatic rings. The van der Waals surface area contributed by atoms with Crippen molar-refractivity contribution in [1.82, 2.24) is 34.5 Å². The first-order valence-corrected chi connectivity index (χ1v) is 14.8. The first-order chi connectivity index (χ1) is 21.2. The number of aryl methyl sites for hydroxylation is 1. The molecule has 0 amide bonds. The van der Waals surface area contributed by atoms with Crippen LogP contribution in [0.1, 0.15) is 68.3 Å². The van der Waals surface area contributed by atoms with Gasteiger partial charge in [-0.15, -0.1) is 0 Å². The molecule has 12 heteroatoms. The summed E-state index contributed by atoms with van der Waals surface area (Å²) in [5.41, 5.74) is 14.4. The monoisotopic (exact) mass is 595 g/mol. The smallest absolute Gasteiger partial charge is 0.306 e. The molecule has 0 unspecified atom stereocenters. The number of aromatic amines is 1. The molecule has 2 fully saturated rings. The quantitative estimate of drug-likeness (QED) is 0.155. The Hall–Kier alpha value is -5.00. The second-order valence-corrected chi connectivity index (χ2v) is 11.8. The van der Waals surface area contributed by atoms with Crippen LogP contribution in [0.4, 0.5) is 11.4 Å². The SMILES string of the molecule is COc1[nH]ncc1N=Cc1c(N)cccc1-c1nc(-c2cc3cn(C)nc3nc2C(C)C)n(C)c1C1CC1.O=C(O)C1CC1. The van der Waals surface area contributed by atoms with E-state index in [0.717, 1.165) is 70.6 Å². The highest BCUT2D eigenvalue weighted by atomic mass is 16.5. The molecular weight excluding hydrogens is 558 g/mol. The number of ether oxygens (including phenoxy) is 1. The largest absolute Gasteiger partial charge is 0.481 e. The number of nitrogens with two attached hydrogens (primary N) is 1. The lowest BCUT2D eigenvalue weighted by Gasteiger charge is -2.12. The van der Waals surface area contributed by atoms with E-state index in [4.69, 9.17) is 25.5 Å². The summed E-state index contributed by atoms with van der Waals surface area (Å²) >= 11 is 0. The van der Waals surface area contributed by atoms with Crippen molar-refractivity contribution < 1.29 is 14.6 Å². The first-order valence-electron chi connectivity index (χ1n) is 14.8. The molecule has 2 aliphatic carbocycles. The minimum Gasteiger partial charge on any atom is -0.481 e. The van der Waals surface area contributed by atoms with Crippen LogP contribution in [0, 0.1) is 5.92 Å². The van der Waals surface area contributed by atoms with Crippen molar-refractivity contribution in [3.8, 4) is 28.5 Å². The molecule has 2 saturated carbocycles. The Kier molecular flexibility index (Phi) is 7.66. The molecule has 4 aromatic heterocycles. The number of aliphatic imine (C=N–C) groups is 1. The lowest BCUT2D eigenvalue weighted by molar-refractivity contribution is -0.138. The zero-order valence-electron chi connectivity index (χ0n) is 25.6. The molecule has 5 aromatic rings. The van der Waals surface area contributed by atoms with Crippen LogP contribution < -0.4 is 10.5 Å². The van der Waals surface area contributed by atoms with E-state index in [1.165, 1.54) is 5.69 Å². The number of imidazole rings is 1. The van der Waals surface area contributed by atoms with E-state index in [0.29, 0.717) is 23.2 Å². The number of carbonyl (C=O) groups is 1. The van der Waals surface area contributed by atoms with Gasteiger partial charge in [-0.2, -0.15) is 10.2 Å². The van der Waals surface area contributed by atoms with Crippen molar-refractivity contribution >= 4 is 34.6 Å². The molecule has 4 heterocycles. The number of nitrogens with zero attached hydrogens (tertiary/aromatic N) is 7. The average molecular weight is 596 g/mol. The number of nitrogen functional groups attached to an aromatic ring is 1. The van der Waals surface area contributed by atoms with Gasteiger partial charge in [-0.1, -0.05) is 26.0 Å². The van der Waals surface area contributed by atoms with E-state index in [1.54, 1.807) is 24.2 Å². The Morgan fingerprint density at radius 1 is 1.18 bits per heavy atom. The summed E-state index contributed by atoms with van der Waals surface area (Å²) in [4.78, 5) is 24.6. The van der Waals surface area contributed by atoms with Crippen molar-refractivity contribution in [3.05, 3.63) is 53.6 Å². The number of methoxy groups -OCH3 is 1. The lowest BCUT2D eigenvalue weighted by Crippen LogP contribution is -2.03. The maximum atomic E-state index is 9.76. The predicted octanol–water partition coefficient (Wildman–Crippen LogP) is 5.58. The fraction of sp³-hybridized carbons (Fsp3) is 0.375. The highest BCUT2D eigenvalue weighted by molar-refractivity contribution is 5.97. The highest BCUT2D eigenvalue weighted by Gasteiger charge is 2.33. The molecule has 0 spiro atoms. The Balaban J connectivity index is 0.000000513. The third kappa shape index (κ3) is 5.67. The summed E-state index contributed by atoms with van der Waals surface area (Å²) < 4.78 is 9.36. The molecule has 228 valence electrons. The second-order valence-electron chi connectivity index (χ2n) is 11.8. The molecule has 0 radical (unpaired) electrons. The van der Waals surface area contributed by atoms with Gasteiger partial charge in [0, 0.05) is 65.9 Å². The van der Waals surface area contributed by atoms with Gasteiger partial charge in [-0.3, -0.25) is 9.48 Å². The zero-order valence-corrected chi connectivity index (χ0v) is 25.6. The van der Waals surface area contributed by atoms with Gasteiger partial charge in [0.05, 0.1) is 30.6 Å². The molecule has 1 aromatic carbocycles. The number of aromatic nitrogens is 7. The molecule has 0 saturated heterocycles. The van der Waals surface area contributed by atoms with Gasteiger partial charge in [0.1, 0.15) is 11.5 Å². The minimum absolute atomic E-state index is 0.0185. The number of H-pyrrole nitrogens is 1. The van der Waals surface area contributed by atoms with Gasteiger partial charge >= 0.3 is 5.97 Å². The fourth-order valence-corrected chi connectivity index (χ4v) is 5.39. The predicted molar refractivity (Wildman–Crippen MR) is 169 cm³/mol. The number of rotatable bonds is 8. The van der Waals surface area contributed by atoms with Crippen molar-refractivity contribution in [1.29, 1.82) is 0 Å². The minimum atomic E-state index is -0.630. The number of aliphatic carboxylic acids is 1. The third-order valence-corrected chi connectivity index (χ3v) is 7.97. The van der Waals surface area contributed by atoms with Crippen molar-refractivity contribution in [2.24, 2.45) is 25.0 Å². The van der Waals surface area contributed by atoms with E-state index >= 15 is 0 Å². The van der Waals surface area contributed by atoms with Gasteiger partial charge in [0.25, 0.3) is 0 Å². The molecule has 0 atom stereocenters. The number of benzene rings is 1. The van der Waals surface area contributed by atoms with Gasteiger partial charge < -0.3 is 20.1 Å². The van der Waals surface area contributed by atoms with Crippen LogP contribution in [-0.2, 0) is 18.9 Å². The summed E-state index contributed by atoms with van der Waals surface area (Å²) in [5.74, 6) is 1.44. The maximum Gasteiger partial charge on any atom is 0.306 e. The first kappa shape index (κ1) is 29.1. The number of pyridine rings is 1. The summed E-state index contributed by atoms with van der Waals surface area (Å²) in [6, 6.07) is 8.08. The number of carboxylic acids is 1. The number of hydrogen-bond acceptors (Lipinski definition) is 8. The molecule has 0 aliphatic heterocycles. The number of nitrogens with one attached hydrogen (secondary N) is 1. The number of hydrogen-bond donors (Lipinski definition) is 3. The molecule has 4 N–H and O–H groups in total. The van der Waals surface area contributed by atoms with Crippen LogP contribution in [0.2, 0.25) is 0 Å². The third-order valence-electron chi connectivity index (χ3n) is 7.97. The second kappa shape index (κ2) is 11.6. The maximum absolute atomic E-state index is 9.76. The Morgan fingerprint density at radius 3 is 2.59 bits per heavy atom. The fourth-order valence-electron chi connectivity index (χ4n) is 5.39.